The average molecular weight is 254 g/mol. The Morgan fingerprint density at radius 2 is 1.88 bits per heavy atom. The van der Waals surface area contributed by atoms with Crippen LogP contribution in [0.1, 0.15) is 27.2 Å². The number of rotatable bonds is 6. The molecule has 1 N–H and O–H groups in total. The zero-order valence-corrected chi connectivity index (χ0v) is 11.2. The minimum absolute atomic E-state index is 0.0735. The Morgan fingerprint density at radius 3 is 2.35 bits per heavy atom. The van der Waals surface area contributed by atoms with E-state index in [9.17, 15) is 4.79 Å². The van der Waals surface area contributed by atoms with Crippen molar-refractivity contribution in [1.29, 1.82) is 0 Å². The summed E-state index contributed by atoms with van der Waals surface area (Å²) in [5.74, 6) is 0.0833. The van der Waals surface area contributed by atoms with Gasteiger partial charge in [0.15, 0.2) is 0 Å². The molecule has 3 nitrogen and oxygen atoms in total. The van der Waals surface area contributed by atoms with Gasteiger partial charge in [0.1, 0.15) is 5.75 Å². The van der Waals surface area contributed by atoms with Crippen molar-refractivity contribution in [2.45, 2.75) is 43.4 Å². The van der Waals surface area contributed by atoms with E-state index in [0.29, 0.717) is 0 Å². The van der Waals surface area contributed by atoms with Gasteiger partial charge >= 0.3 is 5.97 Å². The van der Waals surface area contributed by atoms with E-state index in [1.807, 2.05) is 45.0 Å². The van der Waals surface area contributed by atoms with Crippen molar-refractivity contribution in [2.75, 3.05) is 0 Å². The molecule has 1 atom stereocenters. The Balaban J connectivity index is 2.53. The number of hydrogen-bond acceptors (Lipinski definition) is 3. The van der Waals surface area contributed by atoms with Crippen LogP contribution in [0.15, 0.2) is 29.2 Å². The first-order chi connectivity index (χ1) is 7.97. The van der Waals surface area contributed by atoms with E-state index in [1.165, 1.54) is 0 Å². The lowest BCUT2D eigenvalue weighted by Gasteiger charge is -2.11. The summed E-state index contributed by atoms with van der Waals surface area (Å²) in [6.45, 7) is 5.88. The number of benzene rings is 1. The SMILES string of the molecule is CC(C)Oc1ccc(SC(C)CC(=O)O)cc1. The highest BCUT2D eigenvalue weighted by atomic mass is 32.2. The van der Waals surface area contributed by atoms with Crippen LogP contribution >= 0.6 is 11.8 Å². The number of ether oxygens (including phenoxy) is 1. The summed E-state index contributed by atoms with van der Waals surface area (Å²) in [6.07, 6.45) is 0.342. The molecule has 1 aromatic rings. The zero-order chi connectivity index (χ0) is 12.8. The maximum absolute atomic E-state index is 10.5. The topological polar surface area (TPSA) is 46.5 Å². The summed E-state index contributed by atoms with van der Waals surface area (Å²) in [5.41, 5.74) is 0. The second-order valence-electron chi connectivity index (χ2n) is 4.16. The van der Waals surface area contributed by atoms with Gasteiger partial charge in [-0.3, -0.25) is 4.79 Å². The third-order valence-corrected chi connectivity index (χ3v) is 3.11. The predicted molar refractivity (Wildman–Crippen MR) is 69.8 cm³/mol. The van der Waals surface area contributed by atoms with E-state index < -0.39 is 5.97 Å². The summed E-state index contributed by atoms with van der Waals surface area (Å²) in [7, 11) is 0. The second-order valence-corrected chi connectivity index (χ2v) is 5.68. The zero-order valence-electron chi connectivity index (χ0n) is 10.3. The summed E-state index contributed by atoms with van der Waals surface area (Å²) >= 11 is 1.56. The first-order valence-corrected chi connectivity index (χ1v) is 6.50. The molecular weight excluding hydrogens is 236 g/mol. The van der Waals surface area contributed by atoms with Gasteiger partial charge < -0.3 is 9.84 Å². The minimum Gasteiger partial charge on any atom is -0.491 e. The number of carboxylic acid groups (broad SMARTS) is 1. The van der Waals surface area contributed by atoms with Gasteiger partial charge in [0.25, 0.3) is 0 Å². The third kappa shape index (κ3) is 5.63. The van der Waals surface area contributed by atoms with E-state index in [1.54, 1.807) is 11.8 Å². The van der Waals surface area contributed by atoms with Crippen LogP contribution in [-0.2, 0) is 4.79 Å². The van der Waals surface area contributed by atoms with Crippen molar-refractivity contribution < 1.29 is 14.6 Å². The van der Waals surface area contributed by atoms with Crippen molar-refractivity contribution >= 4 is 17.7 Å². The van der Waals surface area contributed by atoms with Crippen molar-refractivity contribution in [3.63, 3.8) is 0 Å². The standard InChI is InChI=1S/C13H18O3S/c1-9(2)16-11-4-6-12(7-5-11)17-10(3)8-13(14)15/h4-7,9-10H,8H2,1-3H3,(H,14,15). The van der Waals surface area contributed by atoms with Crippen molar-refractivity contribution in [1.82, 2.24) is 0 Å². The van der Waals surface area contributed by atoms with Crippen molar-refractivity contribution in [2.24, 2.45) is 0 Å². The van der Waals surface area contributed by atoms with Crippen LogP contribution in [0.4, 0.5) is 0 Å². The number of carbonyl (C=O) groups is 1. The van der Waals surface area contributed by atoms with E-state index in [4.69, 9.17) is 9.84 Å². The number of aliphatic carboxylic acids is 1. The quantitative estimate of drug-likeness (QED) is 0.790. The molecule has 0 bridgehead atoms. The Morgan fingerprint density at radius 1 is 1.29 bits per heavy atom. The van der Waals surface area contributed by atoms with Crippen LogP contribution in [0.2, 0.25) is 0 Å². The fourth-order valence-corrected chi connectivity index (χ4v) is 2.37. The normalized spacial score (nSPS) is 12.5. The van der Waals surface area contributed by atoms with Crippen LogP contribution in [0.25, 0.3) is 0 Å². The molecular formula is C13H18O3S. The maximum atomic E-state index is 10.5. The van der Waals surface area contributed by atoms with E-state index in [-0.39, 0.29) is 17.8 Å². The number of hydrogen-bond donors (Lipinski definition) is 1. The highest BCUT2D eigenvalue weighted by molar-refractivity contribution is 8.00. The fourth-order valence-electron chi connectivity index (χ4n) is 1.39. The highest BCUT2D eigenvalue weighted by Gasteiger charge is 2.09. The molecule has 0 saturated heterocycles. The van der Waals surface area contributed by atoms with Gasteiger partial charge in [-0.1, -0.05) is 6.92 Å². The molecule has 0 radical (unpaired) electrons. The summed E-state index contributed by atoms with van der Waals surface area (Å²) in [5, 5.41) is 8.75. The molecule has 0 heterocycles. The summed E-state index contributed by atoms with van der Waals surface area (Å²) < 4.78 is 5.54. The van der Waals surface area contributed by atoms with Gasteiger partial charge in [-0.15, -0.1) is 11.8 Å². The van der Waals surface area contributed by atoms with Crippen LogP contribution in [0.5, 0.6) is 5.75 Å². The molecule has 94 valence electrons. The monoisotopic (exact) mass is 254 g/mol. The lowest BCUT2D eigenvalue weighted by atomic mass is 10.3. The molecule has 0 saturated carbocycles. The smallest absolute Gasteiger partial charge is 0.304 e. The summed E-state index contributed by atoms with van der Waals surface area (Å²) in [4.78, 5) is 11.6. The van der Waals surface area contributed by atoms with Gasteiger partial charge in [-0.25, -0.2) is 0 Å². The second kappa shape index (κ2) is 6.55. The van der Waals surface area contributed by atoms with Crippen LogP contribution in [0, 0.1) is 0 Å². The van der Waals surface area contributed by atoms with E-state index in [2.05, 4.69) is 0 Å². The molecule has 0 aliphatic rings. The predicted octanol–water partition coefficient (Wildman–Crippen LogP) is 3.43. The van der Waals surface area contributed by atoms with Gasteiger partial charge in [0.05, 0.1) is 12.5 Å². The highest BCUT2D eigenvalue weighted by Crippen LogP contribution is 2.27. The molecule has 0 amide bonds. The van der Waals surface area contributed by atoms with E-state index in [0.717, 1.165) is 10.6 Å². The Bertz CT molecular complexity index is 359. The largest absolute Gasteiger partial charge is 0.491 e. The Hall–Kier alpha value is -1.16. The molecule has 1 unspecified atom stereocenters. The van der Waals surface area contributed by atoms with Crippen LogP contribution < -0.4 is 4.74 Å². The van der Waals surface area contributed by atoms with Crippen molar-refractivity contribution in [3.05, 3.63) is 24.3 Å². The molecule has 1 aromatic carbocycles. The van der Waals surface area contributed by atoms with Gasteiger partial charge in [0, 0.05) is 10.1 Å². The maximum Gasteiger partial charge on any atom is 0.304 e. The lowest BCUT2D eigenvalue weighted by Crippen LogP contribution is -2.06. The lowest BCUT2D eigenvalue weighted by molar-refractivity contribution is -0.136. The van der Waals surface area contributed by atoms with Gasteiger partial charge in [0.2, 0.25) is 0 Å². The molecule has 0 aliphatic heterocycles. The van der Waals surface area contributed by atoms with E-state index >= 15 is 0 Å². The summed E-state index contributed by atoms with van der Waals surface area (Å²) in [6, 6.07) is 7.74. The van der Waals surface area contributed by atoms with Gasteiger partial charge in [-0.05, 0) is 38.1 Å². The molecule has 0 aromatic heterocycles. The average Bonchev–Trinajstić information content (AvgIpc) is 2.18. The van der Waals surface area contributed by atoms with Gasteiger partial charge in [-0.2, -0.15) is 0 Å². The molecule has 0 fully saturated rings. The van der Waals surface area contributed by atoms with Crippen LogP contribution in [0.3, 0.4) is 0 Å². The Kier molecular flexibility index (Phi) is 5.35. The third-order valence-electron chi connectivity index (χ3n) is 1.99. The molecule has 0 aliphatic carbocycles. The Labute approximate surface area is 106 Å². The molecule has 4 heteroatoms. The van der Waals surface area contributed by atoms with Crippen molar-refractivity contribution in [3.8, 4) is 5.75 Å². The fraction of sp³-hybridized carbons (Fsp3) is 0.462. The molecule has 0 spiro atoms. The van der Waals surface area contributed by atoms with Crippen LogP contribution in [-0.4, -0.2) is 22.4 Å². The number of thioether (sulfide) groups is 1. The molecule has 1 rings (SSSR count). The first kappa shape index (κ1) is 13.9. The first-order valence-electron chi connectivity index (χ1n) is 5.62. The molecule has 17 heavy (non-hydrogen) atoms. The minimum atomic E-state index is -0.759. The number of carboxylic acids is 1.